The van der Waals surface area contributed by atoms with Crippen LogP contribution in [0.25, 0.3) is 0 Å². The lowest BCUT2D eigenvalue weighted by atomic mass is 9.85. The zero-order valence-electron chi connectivity index (χ0n) is 8.81. The van der Waals surface area contributed by atoms with Crippen molar-refractivity contribution >= 4 is 11.8 Å². The van der Waals surface area contributed by atoms with Gasteiger partial charge in [-0.05, 0) is 12.5 Å². The van der Waals surface area contributed by atoms with Crippen LogP contribution < -0.4 is 0 Å². The summed E-state index contributed by atoms with van der Waals surface area (Å²) < 4.78 is 0. The van der Waals surface area contributed by atoms with E-state index in [0.29, 0.717) is 0 Å². The summed E-state index contributed by atoms with van der Waals surface area (Å²) in [6, 6.07) is 9.21. The lowest BCUT2D eigenvalue weighted by Crippen LogP contribution is -2.26. The number of aliphatic carboxylic acids is 1. The van der Waals surface area contributed by atoms with Crippen molar-refractivity contribution in [3.63, 3.8) is 0 Å². The van der Waals surface area contributed by atoms with Crippen molar-refractivity contribution in [1.82, 2.24) is 0 Å². The first-order valence-electron chi connectivity index (χ1n) is 4.82. The van der Waals surface area contributed by atoms with E-state index in [1.807, 2.05) is 30.3 Å². The van der Waals surface area contributed by atoms with Gasteiger partial charge in [-0.15, -0.1) is 0 Å². The molecule has 0 radical (unpaired) electrons. The van der Waals surface area contributed by atoms with Crippen molar-refractivity contribution in [2.24, 2.45) is 5.92 Å². The lowest BCUT2D eigenvalue weighted by Gasteiger charge is -2.17. The molecule has 1 N–H and O–H groups in total. The summed E-state index contributed by atoms with van der Waals surface area (Å²) >= 11 is 0. The molecule has 3 heteroatoms. The van der Waals surface area contributed by atoms with Crippen LogP contribution in [0.1, 0.15) is 25.3 Å². The Morgan fingerprint density at radius 2 is 1.73 bits per heavy atom. The topological polar surface area (TPSA) is 54.4 Å². The fourth-order valence-electron chi connectivity index (χ4n) is 1.69. The molecule has 80 valence electrons. The molecule has 0 amide bonds. The van der Waals surface area contributed by atoms with E-state index in [-0.39, 0.29) is 11.7 Å². The molecule has 0 bridgehead atoms. The lowest BCUT2D eigenvalue weighted by molar-refractivity contribution is -0.146. The summed E-state index contributed by atoms with van der Waals surface area (Å²) in [6.07, 6.45) is 0. The van der Waals surface area contributed by atoms with Gasteiger partial charge in [-0.1, -0.05) is 37.3 Å². The Labute approximate surface area is 88.7 Å². The van der Waals surface area contributed by atoms with Crippen LogP contribution in [0.4, 0.5) is 0 Å². The van der Waals surface area contributed by atoms with Gasteiger partial charge in [0.15, 0.2) is 0 Å². The molecule has 0 spiro atoms. The highest BCUT2D eigenvalue weighted by Gasteiger charge is 2.29. The number of ketones is 1. The first-order valence-corrected chi connectivity index (χ1v) is 4.82. The molecule has 1 aromatic rings. The van der Waals surface area contributed by atoms with Crippen LogP contribution in [0.15, 0.2) is 30.3 Å². The third-order valence-electron chi connectivity index (χ3n) is 2.53. The average Bonchev–Trinajstić information content (AvgIpc) is 2.18. The van der Waals surface area contributed by atoms with E-state index in [1.165, 1.54) is 6.92 Å². The van der Waals surface area contributed by atoms with E-state index in [1.54, 1.807) is 6.92 Å². The Hall–Kier alpha value is -1.64. The first kappa shape index (κ1) is 11.4. The maximum atomic E-state index is 11.2. The van der Waals surface area contributed by atoms with Crippen molar-refractivity contribution in [2.75, 3.05) is 0 Å². The van der Waals surface area contributed by atoms with E-state index in [4.69, 9.17) is 5.11 Å². The summed E-state index contributed by atoms with van der Waals surface area (Å²) in [5.74, 6) is -2.61. The number of rotatable bonds is 4. The molecule has 2 unspecified atom stereocenters. The van der Waals surface area contributed by atoms with Crippen LogP contribution >= 0.6 is 0 Å². The predicted octanol–water partition coefficient (Wildman–Crippen LogP) is 2.08. The van der Waals surface area contributed by atoms with Gasteiger partial charge < -0.3 is 5.11 Å². The molecule has 3 nitrogen and oxygen atoms in total. The van der Waals surface area contributed by atoms with E-state index in [2.05, 4.69) is 0 Å². The Morgan fingerprint density at radius 1 is 1.20 bits per heavy atom. The molecular weight excluding hydrogens is 192 g/mol. The number of hydrogen-bond acceptors (Lipinski definition) is 2. The third-order valence-corrected chi connectivity index (χ3v) is 2.53. The van der Waals surface area contributed by atoms with Crippen LogP contribution in [-0.2, 0) is 9.59 Å². The molecule has 15 heavy (non-hydrogen) atoms. The summed E-state index contributed by atoms with van der Waals surface area (Å²) in [5.41, 5.74) is 0.875. The van der Waals surface area contributed by atoms with E-state index < -0.39 is 11.9 Å². The largest absolute Gasteiger partial charge is 0.481 e. The van der Waals surface area contributed by atoms with Crippen LogP contribution in [0, 0.1) is 5.92 Å². The third kappa shape index (κ3) is 2.65. The first-order chi connectivity index (χ1) is 7.04. The summed E-state index contributed by atoms with van der Waals surface area (Å²) in [5, 5.41) is 8.95. The van der Waals surface area contributed by atoms with Crippen molar-refractivity contribution in [2.45, 2.75) is 19.8 Å². The minimum absolute atomic E-state index is 0.291. The molecular formula is C12H14O3. The smallest absolute Gasteiger partial charge is 0.314 e. The summed E-state index contributed by atoms with van der Waals surface area (Å²) in [4.78, 5) is 22.2. The number of carbonyl (C=O) groups excluding carboxylic acids is 1. The van der Waals surface area contributed by atoms with Crippen LogP contribution in [-0.4, -0.2) is 16.9 Å². The van der Waals surface area contributed by atoms with Crippen molar-refractivity contribution in [1.29, 1.82) is 0 Å². The van der Waals surface area contributed by atoms with Gasteiger partial charge in [0.25, 0.3) is 0 Å². The standard InChI is InChI=1S/C12H14O3/c1-8(10-6-4-3-5-7-10)11(9(2)13)12(14)15/h3-8,11H,1-2H3,(H,14,15). The van der Waals surface area contributed by atoms with Crippen LogP contribution in [0.3, 0.4) is 0 Å². The van der Waals surface area contributed by atoms with Gasteiger partial charge in [0.05, 0.1) is 0 Å². The maximum Gasteiger partial charge on any atom is 0.314 e. The van der Waals surface area contributed by atoms with Gasteiger partial charge >= 0.3 is 5.97 Å². The van der Waals surface area contributed by atoms with Gasteiger partial charge in [0.1, 0.15) is 11.7 Å². The van der Waals surface area contributed by atoms with E-state index in [0.717, 1.165) is 5.56 Å². The van der Waals surface area contributed by atoms with Crippen LogP contribution in [0.5, 0.6) is 0 Å². The molecule has 0 heterocycles. The summed E-state index contributed by atoms with van der Waals surface area (Å²) in [6.45, 7) is 3.08. The van der Waals surface area contributed by atoms with Crippen molar-refractivity contribution in [3.8, 4) is 0 Å². The second-order valence-electron chi connectivity index (χ2n) is 3.63. The quantitative estimate of drug-likeness (QED) is 0.767. The zero-order valence-corrected chi connectivity index (χ0v) is 8.81. The van der Waals surface area contributed by atoms with Gasteiger partial charge in [-0.2, -0.15) is 0 Å². The minimum Gasteiger partial charge on any atom is -0.481 e. The average molecular weight is 206 g/mol. The zero-order chi connectivity index (χ0) is 11.4. The Balaban J connectivity index is 2.96. The van der Waals surface area contributed by atoms with Gasteiger partial charge in [0, 0.05) is 5.92 Å². The number of hydrogen-bond donors (Lipinski definition) is 1. The highest BCUT2D eigenvalue weighted by atomic mass is 16.4. The monoisotopic (exact) mass is 206 g/mol. The maximum absolute atomic E-state index is 11.2. The molecule has 0 aliphatic heterocycles. The number of carbonyl (C=O) groups is 2. The Morgan fingerprint density at radius 3 is 2.13 bits per heavy atom. The van der Waals surface area contributed by atoms with Gasteiger partial charge in [0.2, 0.25) is 0 Å². The molecule has 0 saturated heterocycles. The SMILES string of the molecule is CC(=O)C(C(=O)O)C(C)c1ccccc1. The minimum atomic E-state index is -1.06. The molecule has 2 atom stereocenters. The highest BCUT2D eigenvalue weighted by molar-refractivity contribution is 5.97. The Bertz CT molecular complexity index is 342. The fraction of sp³-hybridized carbons (Fsp3) is 0.333. The molecule has 0 saturated carbocycles. The van der Waals surface area contributed by atoms with Crippen molar-refractivity contribution in [3.05, 3.63) is 35.9 Å². The van der Waals surface area contributed by atoms with Gasteiger partial charge in [-0.3, -0.25) is 9.59 Å². The summed E-state index contributed by atoms with van der Waals surface area (Å²) in [7, 11) is 0. The second-order valence-corrected chi connectivity index (χ2v) is 3.63. The molecule has 0 aliphatic rings. The number of carboxylic acid groups (broad SMARTS) is 1. The molecule has 0 aromatic heterocycles. The number of benzene rings is 1. The molecule has 0 aliphatic carbocycles. The number of Topliss-reactive ketones (excluding diaryl/α,β-unsaturated/α-hetero) is 1. The molecule has 1 rings (SSSR count). The van der Waals surface area contributed by atoms with E-state index >= 15 is 0 Å². The predicted molar refractivity (Wildman–Crippen MR) is 56.7 cm³/mol. The van der Waals surface area contributed by atoms with Crippen LogP contribution in [0.2, 0.25) is 0 Å². The Kier molecular flexibility index (Phi) is 3.61. The highest BCUT2D eigenvalue weighted by Crippen LogP contribution is 2.24. The molecule has 1 aromatic carbocycles. The molecule has 0 fully saturated rings. The van der Waals surface area contributed by atoms with Crippen molar-refractivity contribution < 1.29 is 14.7 Å². The fourth-order valence-corrected chi connectivity index (χ4v) is 1.69. The second kappa shape index (κ2) is 4.73. The van der Waals surface area contributed by atoms with Gasteiger partial charge in [-0.25, -0.2) is 0 Å². The normalized spacial score (nSPS) is 14.3. The van der Waals surface area contributed by atoms with E-state index in [9.17, 15) is 9.59 Å². The number of carboxylic acids is 1.